The predicted octanol–water partition coefficient (Wildman–Crippen LogP) is 1.03. The molecule has 16 heavy (non-hydrogen) atoms. The fraction of sp³-hybridized carbons (Fsp3) is 0.583. The molecule has 1 aliphatic heterocycles. The first-order valence-corrected chi connectivity index (χ1v) is 5.86. The Morgan fingerprint density at radius 3 is 3.12 bits per heavy atom. The summed E-state index contributed by atoms with van der Waals surface area (Å²) >= 11 is 0. The molecule has 1 fully saturated rings. The topological polar surface area (TPSA) is 51.4 Å². The number of nitrogens with two attached hydrogens (primary N) is 1. The number of rotatable bonds is 4. The lowest BCUT2D eigenvalue weighted by atomic mass is 10.1. The number of hydrogen-bond donors (Lipinski definition) is 1. The van der Waals surface area contributed by atoms with Gasteiger partial charge in [-0.25, -0.2) is 0 Å². The van der Waals surface area contributed by atoms with Crippen LogP contribution in [0.4, 0.5) is 5.69 Å². The Bertz CT molecular complexity index is 298. The van der Waals surface area contributed by atoms with Gasteiger partial charge in [0.05, 0.1) is 24.5 Å². The Morgan fingerprint density at radius 2 is 2.50 bits per heavy atom. The Morgan fingerprint density at radius 1 is 1.56 bits per heavy atom. The third kappa shape index (κ3) is 2.71. The molecule has 1 aromatic rings. The molecule has 0 radical (unpaired) electrons. The molecule has 1 saturated heterocycles. The molecule has 0 saturated carbocycles. The summed E-state index contributed by atoms with van der Waals surface area (Å²) in [5.41, 5.74) is 6.81. The van der Waals surface area contributed by atoms with Crippen molar-refractivity contribution in [1.82, 2.24) is 4.98 Å². The highest BCUT2D eigenvalue weighted by atomic mass is 16.5. The summed E-state index contributed by atoms with van der Waals surface area (Å²) in [5.74, 6) is 0. The van der Waals surface area contributed by atoms with Gasteiger partial charge in [-0.1, -0.05) is 0 Å². The minimum Gasteiger partial charge on any atom is -0.379 e. The number of nitrogens with zero attached hydrogens (tertiary/aromatic N) is 2. The second-order valence-corrected chi connectivity index (χ2v) is 4.06. The van der Waals surface area contributed by atoms with E-state index in [0.717, 1.165) is 31.9 Å². The van der Waals surface area contributed by atoms with Crippen LogP contribution >= 0.6 is 0 Å². The van der Waals surface area contributed by atoms with Gasteiger partial charge in [-0.3, -0.25) is 4.98 Å². The van der Waals surface area contributed by atoms with Gasteiger partial charge in [0.1, 0.15) is 0 Å². The molecule has 0 aromatic carbocycles. The minimum atomic E-state index is 0.446. The highest BCUT2D eigenvalue weighted by Gasteiger charge is 2.21. The van der Waals surface area contributed by atoms with Crippen molar-refractivity contribution < 1.29 is 4.74 Å². The third-order valence-corrected chi connectivity index (χ3v) is 2.92. The summed E-state index contributed by atoms with van der Waals surface area (Å²) < 4.78 is 5.53. The summed E-state index contributed by atoms with van der Waals surface area (Å²) in [4.78, 5) is 6.47. The summed E-state index contributed by atoms with van der Waals surface area (Å²) in [7, 11) is 0. The number of anilines is 1. The molecule has 2 N–H and O–H groups in total. The first-order valence-electron chi connectivity index (χ1n) is 5.86. The van der Waals surface area contributed by atoms with Crippen LogP contribution in [-0.4, -0.2) is 37.3 Å². The molecule has 0 spiro atoms. The van der Waals surface area contributed by atoms with Gasteiger partial charge in [-0.2, -0.15) is 0 Å². The van der Waals surface area contributed by atoms with Crippen LogP contribution in [0.1, 0.15) is 12.8 Å². The van der Waals surface area contributed by atoms with Crippen molar-refractivity contribution in [1.29, 1.82) is 0 Å². The second kappa shape index (κ2) is 5.82. The molecule has 0 bridgehead atoms. The lowest BCUT2D eigenvalue weighted by molar-refractivity contribution is 0.0794. The van der Waals surface area contributed by atoms with Crippen LogP contribution in [0, 0.1) is 0 Å². The predicted molar refractivity (Wildman–Crippen MR) is 64.5 cm³/mol. The van der Waals surface area contributed by atoms with E-state index in [1.807, 2.05) is 12.3 Å². The molecule has 1 aliphatic rings. The van der Waals surface area contributed by atoms with Gasteiger partial charge in [0.25, 0.3) is 0 Å². The molecule has 2 heterocycles. The van der Waals surface area contributed by atoms with E-state index in [2.05, 4.69) is 16.0 Å². The Balaban J connectivity index is 2.09. The monoisotopic (exact) mass is 221 g/mol. The van der Waals surface area contributed by atoms with Crippen molar-refractivity contribution in [2.75, 3.05) is 31.2 Å². The van der Waals surface area contributed by atoms with E-state index < -0.39 is 0 Å². The van der Waals surface area contributed by atoms with Gasteiger partial charge in [-0.15, -0.1) is 0 Å². The van der Waals surface area contributed by atoms with E-state index in [-0.39, 0.29) is 0 Å². The van der Waals surface area contributed by atoms with Gasteiger partial charge >= 0.3 is 0 Å². The van der Waals surface area contributed by atoms with Crippen LogP contribution in [0.25, 0.3) is 0 Å². The number of aromatic nitrogens is 1. The molecule has 4 nitrogen and oxygen atoms in total. The number of hydrogen-bond acceptors (Lipinski definition) is 4. The smallest absolute Gasteiger partial charge is 0.0670 e. The third-order valence-electron chi connectivity index (χ3n) is 2.92. The lowest BCUT2D eigenvalue weighted by Gasteiger charge is -2.35. The first kappa shape index (κ1) is 11.4. The maximum atomic E-state index is 5.67. The molecule has 0 aliphatic carbocycles. The van der Waals surface area contributed by atoms with Gasteiger partial charge in [0.15, 0.2) is 0 Å². The summed E-state index contributed by atoms with van der Waals surface area (Å²) in [6.07, 6.45) is 5.99. The maximum Gasteiger partial charge on any atom is 0.0670 e. The van der Waals surface area contributed by atoms with E-state index in [9.17, 15) is 0 Å². The van der Waals surface area contributed by atoms with Crippen molar-refractivity contribution in [3.63, 3.8) is 0 Å². The van der Waals surface area contributed by atoms with Crippen LogP contribution in [0.15, 0.2) is 24.5 Å². The SMILES string of the molecule is NCCN(c1cccnc1)C1CCCOC1. The van der Waals surface area contributed by atoms with E-state index in [1.165, 1.54) is 6.42 Å². The van der Waals surface area contributed by atoms with Crippen molar-refractivity contribution in [2.45, 2.75) is 18.9 Å². The summed E-state index contributed by atoms with van der Waals surface area (Å²) in [6.45, 7) is 3.21. The molecule has 0 amide bonds. The molecule has 1 aromatic heterocycles. The molecule has 1 atom stereocenters. The van der Waals surface area contributed by atoms with Crippen molar-refractivity contribution in [3.8, 4) is 0 Å². The van der Waals surface area contributed by atoms with E-state index in [0.29, 0.717) is 12.6 Å². The van der Waals surface area contributed by atoms with Crippen LogP contribution < -0.4 is 10.6 Å². The Kier molecular flexibility index (Phi) is 4.13. The van der Waals surface area contributed by atoms with Crippen molar-refractivity contribution in [2.24, 2.45) is 5.73 Å². The van der Waals surface area contributed by atoms with Gasteiger partial charge in [-0.05, 0) is 25.0 Å². The molecule has 1 unspecified atom stereocenters. The standard InChI is InChI=1S/C12H19N3O/c13-5-7-15(11-3-1-6-14-9-11)12-4-2-8-16-10-12/h1,3,6,9,12H,2,4-5,7-8,10,13H2. The second-order valence-electron chi connectivity index (χ2n) is 4.06. The lowest BCUT2D eigenvalue weighted by Crippen LogP contribution is -2.43. The van der Waals surface area contributed by atoms with E-state index >= 15 is 0 Å². The average Bonchev–Trinajstić information content (AvgIpc) is 2.38. The van der Waals surface area contributed by atoms with Crippen molar-refractivity contribution in [3.05, 3.63) is 24.5 Å². The maximum absolute atomic E-state index is 5.67. The van der Waals surface area contributed by atoms with Gasteiger partial charge in [0.2, 0.25) is 0 Å². The van der Waals surface area contributed by atoms with Gasteiger partial charge < -0.3 is 15.4 Å². The normalized spacial score (nSPS) is 20.7. The quantitative estimate of drug-likeness (QED) is 0.825. The van der Waals surface area contributed by atoms with Crippen LogP contribution in [0.5, 0.6) is 0 Å². The van der Waals surface area contributed by atoms with Crippen molar-refractivity contribution >= 4 is 5.69 Å². The van der Waals surface area contributed by atoms with Gasteiger partial charge in [0, 0.05) is 25.9 Å². The molecule has 88 valence electrons. The zero-order chi connectivity index (χ0) is 11.2. The fourth-order valence-electron chi connectivity index (χ4n) is 2.15. The fourth-order valence-corrected chi connectivity index (χ4v) is 2.15. The largest absolute Gasteiger partial charge is 0.379 e. The van der Waals surface area contributed by atoms with Crippen LogP contribution in [0.3, 0.4) is 0 Å². The Hall–Kier alpha value is -1.13. The minimum absolute atomic E-state index is 0.446. The Labute approximate surface area is 96.4 Å². The zero-order valence-corrected chi connectivity index (χ0v) is 9.51. The summed E-state index contributed by atoms with van der Waals surface area (Å²) in [6, 6.07) is 4.49. The molecular formula is C12H19N3O. The molecule has 4 heteroatoms. The van der Waals surface area contributed by atoms with E-state index in [4.69, 9.17) is 10.5 Å². The molecular weight excluding hydrogens is 202 g/mol. The first-order chi connectivity index (χ1) is 7.92. The average molecular weight is 221 g/mol. The molecule has 2 rings (SSSR count). The van der Waals surface area contributed by atoms with Crippen LogP contribution in [-0.2, 0) is 4.74 Å². The van der Waals surface area contributed by atoms with Crippen LogP contribution in [0.2, 0.25) is 0 Å². The highest BCUT2D eigenvalue weighted by molar-refractivity contribution is 5.45. The van der Waals surface area contributed by atoms with E-state index in [1.54, 1.807) is 6.20 Å². The number of ether oxygens (including phenoxy) is 1. The summed E-state index contributed by atoms with van der Waals surface area (Å²) in [5, 5.41) is 0. The highest BCUT2D eigenvalue weighted by Crippen LogP contribution is 2.20. The number of pyridine rings is 1. The zero-order valence-electron chi connectivity index (χ0n) is 9.51.